The number of nitrogens with zero attached hydrogens (tertiary/aromatic N) is 3. The van der Waals surface area contributed by atoms with Crippen LogP contribution in [0.3, 0.4) is 0 Å². The highest BCUT2D eigenvalue weighted by Gasteiger charge is 2.19. The first-order chi connectivity index (χ1) is 11.9. The first kappa shape index (κ1) is 18.2. The Balaban J connectivity index is 2.14. The fourth-order valence-electron chi connectivity index (χ4n) is 2.51. The van der Waals surface area contributed by atoms with E-state index in [1.54, 1.807) is 0 Å². The summed E-state index contributed by atoms with van der Waals surface area (Å²) < 4.78 is 0. The molecule has 0 amide bonds. The Labute approximate surface area is 146 Å². The number of nitrogens with two attached hydrogens (primary N) is 1. The Kier molecular flexibility index (Phi) is 5.93. The Morgan fingerprint density at radius 3 is 2.68 bits per heavy atom. The summed E-state index contributed by atoms with van der Waals surface area (Å²) >= 11 is 0. The van der Waals surface area contributed by atoms with Gasteiger partial charge in [-0.3, -0.25) is 10.1 Å². The molecule has 0 radical (unpaired) electrons. The van der Waals surface area contributed by atoms with Gasteiger partial charge in [0.25, 0.3) is 0 Å². The molecule has 0 aliphatic heterocycles. The number of nitrogens with one attached hydrogen (secondary N) is 1. The molecule has 0 fully saturated rings. The Morgan fingerprint density at radius 1 is 1.32 bits per heavy atom. The molecule has 0 aromatic heterocycles. The summed E-state index contributed by atoms with van der Waals surface area (Å²) in [6, 6.07) is 12.9. The quantitative estimate of drug-likeness (QED) is 0.456. The van der Waals surface area contributed by atoms with E-state index in [1.807, 2.05) is 18.2 Å². The summed E-state index contributed by atoms with van der Waals surface area (Å²) in [7, 11) is 2.06. The van der Waals surface area contributed by atoms with Gasteiger partial charge in [-0.15, -0.1) is 0 Å². The molecule has 0 atom stereocenters. The summed E-state index contributed by atoms with van der Waals surface area (Å²) in [4.78, 5) is 12.6. The van der Waals surface area contributed by atoms with E-state index >= 15 is 0 Å². The predicted octanol–water partition coefficient (Wildman–Crippen LogP) is 3.11. The Bertz CT molecular complexity index is 814. The van der Waals surface area contributed by atoms with Gasteiger partial charge < -0.3 is 16.0 Å². The maximum atomic E-state index is 11.0. The van der Waals surface area contributed by atoms with Gasteiger partial charge in [-0.1, -0.05) is 31.2 Å². The van der Waals surface area contributed by atoms with E-state index in [0.717, 1.165) is 18.7 Å². The van der Waals surface area contributed by atoms with E-state index < -0.39 is 4.92 Å². The minimum atomic E-state index is -0.634. The van der Waals surface area contributed by atoms with Crippen molar-refractivity contribution >= 4 is 17.1 Å². The molecule has 2 rings (SSSR count). The van der Waals surface area contributed by atoms with Crippen LogP contribution in [0.1, 0.15) is 23.6 Å². The third kappa shape index (κ3) is 4.68. The highest BCUT2D eigenvalue weighted by atomic mass is 16.6. The van der Waals surface area contributed by atoms with Gasteiger partial charge in [-0.25, -0.2) is 0 Å². The normalized spacial score (nSPS) is 10.5. The van der Waals surface area contributed by atoms with Crippen molar-refractivity contribution in [2.75, 3.05) is 24.6 Å². The Hall–Kier alpha value is -3.11. The van der Waals surface area contributed by atoms with Gasteiger partial charge in [-0.05, 0) is 36.9 Å². The SMILES string of the molecule is CCN(C)Cc1cccc(CNc2cc(N)c([N+](=O)[O-])c(C#N)c2)c1. The zero-order chi connectivity index (χ0) is 18.4. The molecule has 0 saturated carbocycles. The Morgan fingerprint density at radius 2 is 2.04 bits per heavy atom. The van der Waals surface area contributed by atoms with Gasteiger partial charge in [0.05, 0.1) is 4.92 Å². The topological polar surface area (TPSA) is 108 Å². The monoisotopic (exact) mass is 339 g/mol. The van der Waals surface area contributed by atoms with Gasteiger partial charge in [-0.2, -0.15) is 5.26 Å². The summed E-state index contributed by atoms with van der Waals surface area (Å²) in [6.07, 6.45) is 0. The van der Waals surface area contributed by atoms with Crippen LogP contribution in [-0.4, -0.2) is 23.4 Å². The number of nitro benzene ring substituents is 1. The molecule has 7 nitrogen and oxygen atoms in total. The zero-order valence-corrected chi connectivity index (χ0v) is 14.3. The van der Waals surface area contributed by atoms with E-state index in [4.69, 9.17) is 11.0 Å². The first-order valence-electron chi connectivity index (χ1n) is 7.92. The van der Waals surface area contributed by atoms with Crippen molar-refractivity contribution in [2.24, 2.45) is 0 Å². The van der Waals surface area contributed by atoms with Crippen molar-refractivity contribution in [2.45, 2.75) is 20.0 Å². The molecule has 25 heavy (non-hydrogen) atoms. The molecule has 0 aliphatic rings. The third-order valence-electron chi connectivity index (χ3n) is 3.92. The molecule has 3 N–H and O–H groups in total. The zero-order valence-electron chi connectivity index (χ0n) is 14.3. The van der Waals surface area contributed by atoms with Crippen molar-refractivity contribution in [3.8, 4) is 6.07 Å². The molecule has 0 bridgehead atoms. The van der Waals surface area contributed by atoms with E-state index in [2.05, 4.69) is 36.3 Å². The van der Waals surface area contributed by atoms with Gasteiger partial charge >= 0.3 is 5.69 Å². The molecule has 0 heterocycles. The number of nitrogen functional groups attached to an aromatic ring is 1. The smallest absolute Gasteiger partial charge is 0.309 e. The summed E-state index contributed by atoms with van der Waals surface area (Å²) in [6.45, 7) is 4.48. The average molecular weight is 339 g/mol. The van der Waals surface area contributed by atoms with Gasteiger partial charge in [0.2, 0.25) is 0 Å². The van der Waals surface area contributed by atoms with Crippen LogP contribution < -0.4 is 11.1 Å². The van der Waals surface area contributed by atoms with Crippen molar-refractivity contribution in [1.82, 2.24) is 4.90 Å². The maximum absolute atomic E-state index is 11.0. The van der Waals surface area contributed by atoms with Crippen LogP contribution in [0.2, 0.25) is 0 Å². The fourth-order valence-corrected chi connectivity index (χ4v) is 2.51. The second-order valence-corrected chi connectivity index (χ2v) is 5.83. The minimum Gasteiger partial charge on any atom is -0.393 e. The van der Waals surface area contributed by atoms with Crippen LogP contribution in [0.25, 0.3) is 0 Å². The van der Waals surface area contributed by atoms with Crippen LogP contribution in [0.15, 0.2) is 36.4 Å². The van der Waals surface area contributed by atoms with Crippen LogP contribution in [0, 0.1) is 21.4 Å². The van der Waals surface area contributed by atoms with Crippen LogP contribution in [0.5, 0.6) is 0 Å². The number of nitriles is 1. The molecule has 0 saturated heterocycles. The third-order valence-corrected chi connectivity index (χ3v) is 3.92. The van der Waals surface area contributed by atoms with Gasteiger partial charge in [0, 0.05) is 18.8 Å². The standard InChI is InChI=1S/C18H21N5O2/c1-3-22(2)12-14-6-4-5-13(7-14)11-21-16-8-15(10-19)18(23(24)25)17(20)9-16/h4-9,21H,3,11-12,20H2,1-2H3. The number of hydrogen-bond donors (Lipinski definition) is 2. The number of anilines is 2. The molecule has 2 aromatic rings. The molecule has 7 heteroatoms. The lowest BCUT2D eigenvalue weighted by Crippen LogP contribution is -2.16. The molecule has 0 spiro atoms. The summed E-state index contributed by atoms with van der Waals surface area (Å²) in [5, 5.41) is 23.3. The van der Waals surface area contributed by atoms with E-state index in [9.17, 15) is 10.1 Å². The largest absolute Gasteiger partial charge is 0.393 e. The van der Waals surface area contributed by atoms with Crippen molar-refractivity contribution in [3.05, 3.63) is 63.2 Å². The second kappa shape index (κ2) is 8.13. The van der Waals surface area contributed by atoms with Crippen LogP contribution in [0.4, 0.5) is 17.1 Å². The highest BCUT2D eigenvalue weighted by molar-refractivity contribution is 5.72. The van der Waals surface area contributed by atoms with E-state index in [0.29, 0.717) is 12.2 Å². The minimum absolute atomic E-state index is 0.0233. The highest BCUT2D eigenvalue weighted by Crippen LogP contribution is 2.29. The molecule has 0 unspecified atom stereocenters. The molecular weight excluding hydrogens is 318 g/mol. The molecule has 130 valence electrons. The summed E-state index contributed by atoms with van der Waals surface area (Å²) in [5.41, 5.74) is 8.17. The van der Waals surface area contributed by atoms with Gasteiger partial charge in [0.15, 0.2) is 0 Å². The van der Waals surface area contributed by atoms with Crippen molar-refractivity contribution in [3.63, 3.8) is 0 Å². The lowest BCUT2D eigenvalue weighted by molar-refractivity contribution is -0.384. The predicted molar refractivity (Wildman–Crippen MR) is 98.0 cm³/mol. The van der Waals surface area contributed by atoms with Gasteiger partial charge in [0.1, 0.15) is 17.3 Å². The number of rotatable bonds is 7. The molecule has 0 aliphatic carbocycles. The average Bonchev–Trinajstić information content (AvgIpc) is 2.59. The lowest BCUT2D eigenvalue weighted by atomic mass is 10.1. The van der Waals surface area contributed by atoms with E-state index in [1.165, 1.54) is 17.7 Å². The fraction of sp³-hybridized carbons (Fsp3) is 0.278. The maximum Gasteiger partial charge on any atom is 0.309 e. The van der Waals surface area contributed by atoms with Crippen LogP contribution in [-0.2, 0) is 13.1 Å². The molecule has 2 aromatic carbocycles. The first-order valence-corrected chi connectivity index (χ1v) is 7.92. The lowest BCUT2D eigenvalue weighted by Gasteiger charge is -2.15. The van der Waals surface area contributed by atoms with Crippen molar-refractivity contribution < 1.29 is 4.92 Å². The molecular formula is C18H21N5O2. The van der Waals surface area contributed by atoms with E-state index in [-0.39, 0.29) is 16.9 Å². The van der Waals surface area contributed by atoms with Crippen molar-refractivity contribution in [1.29, 1.82) is 5.26 Å². The van der Waals surface area contributed by atoms with Crippen LogP contribution >= 0.6 is 0 Å². The number of benzene rings is 2. The summed E-state index contributed by atoms with van der Waals surface area (Å²) in [5.74, 6) is 0. The number of nitro groups is 1. The number of hydrogen-bond acceptors (Lipinski definition) is 6. The second-order valence-electron chi connectivity index (χ2n) is 5.83.